The third kappa shape index (κ3) is 4.43. The summed E-state index contributed by atoms with van der Waals surface area (Å²) in [6.07, 6.45) is 1.63. The molecule has 2 aromatic rings. The Kier molecular flexibility index (Phi) is 8.12. The Labute approximate surface area is 174 Å². The quantitative estimate of drug-likeness (QED) is 0.533. The van der Waals surface area contributed by atoms with Crippen LogP contribution in [0.15, 0.2) is 16.7 Å². The van der Waals surface area contributed by atoms with Crippen LogP contribution in [0.3, 0.4) is 0 Å². The lowest BCUT2D eigenvalue weighted by Crippen LogP contribution is -2.16. The molecule has 0 spiro atoms. The van der Waals surface area contributed by atoms with E-state index in [0.29, 0.717) is 30.2 Å². The van der Waals surface area contributed by atoms with Gasteiger partial charge in [0.05, 0.1) is 32.5 Å². The van der Waals surface area contributed by atoms with Crippen molar-refractivity contribution in [3.63, 3.8) is 0 Å². The smallest absolute Gasteiger partial charge is 0.224 e. The van der Waals surface area contributed by atoms with Crippen LogP contribution >= 0.6 is 15.9 Å². The first-order chi connectivity index (χ1) is 13.4. The largest absolute Gasteiger partial charge is 0.480 e. The SMILES string of the molecule is COCc1cc(C)c(C(=O)c2c(OC)ncc(Br)c2C)c(COC)c1COC. The first kappa shape index (κ1) is 22.5. The van der Waals surface area contributed by atoms with Crippen molar-refractivity contribution in [1.82, 2.24) is 4.98 Å². The van der Waals surface area contributed by atoms with Gasteiger partial charge in [0, 0.05) is 37.6 Å². The number of hydrogen-bond acceptors (Lipinski definition) is 6. The fourth-order valence-corrected chi connectivity index (χ4v) is 3.64. The minimum atomic E-state index is -0.158. The van der Waals surface area contributed by atoms with Crippen LogP contribution < -0.4 is 4.74 Å². The summed E-state index contributed by atoms with van der Waals surface area (Å²) in [7, 11) is 6.38. The fraction of sp³-hybridized carbons (Fsp3) is 0.429. The van der Waals surface area contributed by atoms with Crippen molar-refractivity contribution in [2.75, 3.05) is 28.4 Å². The molecule has 0 saturated carbocycles. The zero-order valence-electron chi connectivity index (χ0n) is 17.1. The van der Waals surface area contributed by atoms with E-state index < -0.39 is 0 Å². The first-order valence-electron chi connectivity index (χ1n) is 8.75. The Morgan fingerprint density at radius 2 is 1.57 bits per heavy atom. The molecule has 7 heteroatoms. The van der Waals surface area contributed by atoms with Crippen LogP contribution in [0.5, 0.6) is 5.88 Å². The summed E-state index contributed by atoms with van der Waals surface area (Å²) in [5.41, 5.74) is 5.29. The van der Waals surface area contributed by atoms with Crippen LogP contribution in [-0.4, -0.2) is 39.2 Å². The summed E-state index contributed by atoms with van der Waals surface area (Å²) in [6.45, 7) is 4.83. The number of ketones is 1. The van der Waals surface area contributed by atoms with Gasteiger partial charge in [0.25, 0.3) is 0 Å². The summed E-state index contributed by atoms with van der Waals surface area (Å²) in [5.74, 6) is 0.136. The summed E-state index contributed by atoms with van der Waals surface area (Å²) in [5, 5.41) is 0. The van der Waals surface area contributed by atoms with Crippen molar-refractivity contribution in [1.29, 1.82) is 0 Å². The minimum absolute atomic E-state index is 0.158. The van der Waals surface area contributed by atoms with Gasteiger partial charge in [-0.3, -0.25) is 4.79 Å². The molecule has 152 valence electrons. The lowest BCUT2D eigenvalue weighted by molar-refractivity contribution is 0.102. The van der Waals surface area contributed by atoms with E-state index in [9.17, 15) is 4.79 Å². The number of carbonyl (C=O) groups excluding carboxylic acids is 1. The number of nitrogens with zero attached hydrogens (tertiary/aromatic N) is 1. The average Bonchev–Trinajstić information content (AvgIpc) is 2.66. The molecule has 0 unspecified atom stereocenters. The lowest BCUT2D eigenvalue weighted by Gasteiger charge is -2.21. The van der Waals surface area contributed by atoms with E-state index in [1.54, 1.807) is 27.5 Å². The second-order valence-electron chi connectivity index (χ2n) is 6.43. The molecular formula is C21H26BrNO5. The Bertz CT molecular complexity index is 867. The van der Waals surface area contributed by atoms with Gasteiger partial charge in [-0.1, -0.05) is 6.07 Å². The van der Waals surface area contributed by atoms with E-state index >= 15 is 0 Å². The van der Waals surface area contributed by atoms with Crippen molar-refractivity contribution in [3.05, 3.63) is 55.7 Å². The number of halogens is 1. The second kappa shape index (κ2) is 10.1. The molecule has 0 aliphatic heterocycles. The van der Waals surface area contributed by atoms with Gasteiger partial charge >= 0.3 is 0 Å². The number of carbonyl (C=O) groups is 1. The van der Waals surface area contributed by atoms with Gasteiger partial charge in [-0.15, -0.1) is 0 Å². The number of rotatable bonds is 9. The van der Waals surface area contributed by atoms with Crippen LogP contribution in [0, 0.1) is 13.8 Å². The molecule has 0 fully saturated rings. The standard InChI is InChI=1S/C21H26BrNO5/c1-12-7-14(9-25-3)15(10-26-4)16(11-27-5)18(12)20(24)19-13(2)17(22)8-23-21(19)28-6/h7-8H,9-11H2,1-6H3. The number of aryl methyl sites for hydroxylation is 1. The third-order valence-corrected chi connectivity index (χ3v) is 5.41. The van der Waals surface area contributed by atoms with E-state index in [1.807, 2.05) is 19.9 Å². The highest BCUT2D eigenvalue weighted by atomic mass is 79.9. The van der Waals surface area contributed by atoms with Gasteiger partial charge in [-0.05, 0) is 57.6 Å². The molecule has 0 saturated heterocycles. The maximum atomic E-state index is 13.7. The number of pyridine rings is 1. The zero-order chi connectivity index (χ0) is 20.8. The van der Waals surface area contributed by atoms with Gasteiger partial charge in [-0.2, -0.15) is 0 Å². The molecular weight excluding hydrogens is 426 g/mol. The molecule has 6 nitrogen and oxygen atoms in total. The molecule has 0 bridgehead atoms. The molecule has 0 radical (unpaired) electrons. The Balaban J connectivity index is 2.79. The highest BCUT2D eigenvalue weighted by Gasteiger charge is 2.26. The number of hydrogen-bond donors (Lipinski definition) is 0. The Hall–Kier alpha value is -1.80. The van der Waals surface area contributed by atoms with Crippen molar-refractivity contribution < 1.29 is 23.7 Å². The van der Waals surface area contributed by atoms with E-state index in [4.69, 9.17) is 18.9 Å². The van der Waals surface area contributed by atoms with Crippen molar-refractivity contribution in [2.24, 2.45) is 0 Å². The maximum Gasteiger partial charge on any atom is 0.224 e. The first-order valence-corrected chi connectivity index (χ1v) is 9.55. The van der Waals surface area contributed by atoms with Crippen LogP contribution in [0.2, 0.25) is 0 Å². The lowest BCUT2D eigenvalue weighted by atomic mass is 9.87. The van der Waals surface area contributed by atoms with E-state index in [-0.39, 0.29) is 12.4 Å². The minimum Gasteiger partial charge on any atom is -0.480 e. The van der Waals surface area contributed by atoms with E-state index in [2.05, 4.69) is 20.9 Å². The third-order valence-electron chi connectivity index (χ3n) is 4.61. The normalized spacial score (nSPS) is 11.0. The van der Waals surface area contributed by atoms with Crippen LogP contribution in [0.1, 0.15) is 43.7 Å². The Morgan fingerprint density at radius 3 is 2.14 bits per heavy atom. The topological polar surface area (TPSA) is 66.9 Å². The van der Waals surface area contributed by atoms with Gasteiger partial charge < -0.3 is 18.9 Å². The average molecular weight is 452 g/mol. The molecule has 0 amide bonds. The predicted molar refractivity (Wildman–Crippen MR) is 110 cm³/mol. The van der Waals surface area contributed by atoms with Crippen molar-refractivity contribution >= 4 is 21.7 Å². The summed E-state index contributed by atoms with van der Waals surface area (Å²) < 4.78 is 22.3. The molecule has 0 atom stereocenters. The van der Waals surface area contributed by atoms with Crippen LogP contribution in [-0.2, 0) is 34.0 Å². The highest BCUT2D eigenvalue weighted by molar-refractivity contribution is 9.10. The van der Waals surface area contributed by atoms with Crippen LogP contribution in [0.25, 0.3) is 0 Å². The van der Waals surface area contributed by atoms with Gasteiger partial charge in [0.2, 0.25) is 5.88 Å². The molecule has 0 aliphatic carbocycles. The number of aromatic nitrogens is 1. The molecule has 28 heavy (non-hydrogen) atoms. The predicted octanol–water partition coefficient (Wildman–Crippen LogP) is 4.14. The number of methoxy groups -OCH3 is 4. The van der Waals surface area contributed by atoms with Crippen molar-refractivity contribution in [3.8, 4) is 5.88 Å². The van der Waals surface area contributed by atoms with Gasteiger partial charge in [-0.25, -0.2) is 4.98 Å². The Morgan fingerprint density at radius 1 is 0.964 bits per heavy atom. The number of benzene rings is 1. The molecule has 2 rings (SSSR count). The molecule has 0 aliphatic rings. The van der Waals surface area contributed by atoms with Gasteiger partial charge in [0.15, 0.2) is 5.78 Å². The summed E-state index contributed by atoms with van der Waals surface area (Å²) in [4.78, 5) is 17.9. The van der Waals surface area contributed by atoms with Crippen LogP contribution in [0.4, 0.5) is 0 Å². The fourth-order valence-electron chi connectivity index (χ4n) is 3.34. The molecule has 1 aromatic heterocycles. The number of ether oxygens (including phenoxy) is 4. The molecule has 0 N–H and O–H groups in total. The second-order valence-corrected chi connectivity index (χ2v) is 7.28. The van der Waals surface area contributed by atoms with Gasteiger partial charge in [0.1, 0.15) is 0 Å². The van der Waals surface area contributed by atoms with E-state index in [0.717, 1.165) is 32.3 Å². The maximum absolute atomic E-state index is 13.7. The molecule has 1 aromatic carbocycles. The van der Waals surface area contributed by atoms with Crippen molar-refractivity contribution in [2.45, 2.75) is 33.7 Å². The zero-order valence-corrected chi connectivity index (χ0v) is 18.7. The summed E-state index contributed by atoms with van der Waals surface area (Å²) in [6, 6.07) is 1.97. The highest BCUT2D eigenvalue weighted by Crippen LogP contribution is 2.33. The van der Waals surface area contributed by atoms with E-state index in [1.165, 1.54) is 7.11 Å². The summed E-state index contributed by atoms with van der Waals surface area (Å²) >= 11 is 3.46. The monoisotopic (exact) mass is 451 g/mol. The molecule has 1 heterocycles.